The van der Waals surface area contributed by atoms with Crippen molar-refractivity contribution in [2.24, 2.45) is 0 Å². The maximum absolute atomic E-state index is 4.06. The van der Waals surface area contributed by atoms with Crippen molar-refractivity contribution in [3.63, 3.8) is 0 Å². The molecule has 0 aromatic heterocycles. The zero-order valence-electron chi connectivity index (χ0n) is 22.0. The molecule has 0 N–H and O–H groups in total. The Hall–Kier alpha value is -4.82. The van der Waals surface area contributed by atoms with Gasteiger partial charge in [0.15, 0.2) is 0 Å². The number of hydrogen-bond acceptors (Lipinski definition) is 2. The molecule has 0 aliphatic heterocycles. The van der Waals surface area contributed by atoms with Crippen LogP contribution in [0.2, 0.25) is 0 Å². The number of fused-ring (bicyclic) bond motifs is 1. The molecule has 5 rings (SSSR count). The highest BCUT2D eigenvalue weighted by Crippen LogP contribution is 2.33. The summed E-state index contributed by atoms with van der Waals surface area (Å²) in [6.07, 6.45) is 8.04. The number of benzene rings is 5. The molecule has 5 aromatic carbocycles. The van der Waals surface area contributed by atoms with E-state index in [2.05, 4.69) is 145 Å². The van der Waals surface area contributed by atoms with Gasteiger partial charge in [0.2, 0.25) is 0 Å². The summed E-state index contributed by atoms with van der Waals surface area (Å²) in [4.78, 5) is 4.45. The fourth-order valence-corrected chi connectivity index (χ4v) is 4.67. The van der Waals surface area contributed by atoms with Crippen molar-refractivity contribution in [1.82, 2.24) is 0 Å². The quantitative estimate of drug-likeness (QED) is 0.199. The minimum atomic E-state index is 1.02. The molecule has 0 bridgehead atoms. The Morgan fingerprint density at radius 1 is 0.605 bits per heavy atom. The first-order chi connectivity index (χ1) is 18.7. The number of nitrogens with zero attached hydrogens (tertiary/aromatic N) is 2. The zero-order valence-corrected chi connectivity index (χ0v) is 22.0. The van der Waals surface area contributed by atoms with Gasteiger partial charge in [0, 0.05) is 35.5 Å². The van der Waals surface area contributed by atoms with Crippen LogP contribution in [0, 0.1) is 0 Å². The van der Waals surface area contributed by atoms with Gasteiger partial charge in [-0.3, -0.25) is 0 Å². The van der Waals surface area contributed by atoms with Crippen LogP contribution in [0.15, 0.2) is 158 Å². The maximum Gasteiger partial charge on any atom is 0.0462 e. The van der Waals surface area contributed by atoms with Crippen molar-refractivity contribution in [1.29, 1.82) is 0 Å². The molecule has 38 heavy (non-hydrogen) atoms. The first kappa shape index (κ1) is 24.9. The van der Waals surface area contributed by atoms with Gasteiger partial charge in [-0.05, 0) is 89.5 Å². The van der Waals surface area contributed by atoms with E-state index in [0.29, 0.717) is 0 Å². The Balaban J connectivity index is 1.40. The number of anilines is 4. The van der Waals surface area contributed by atoms with E-state index < -0.39 is 0 Å². The van der Waals surface area contributed by atoms with E-state index >= 15 is 0 Å². The second-order valence-corrected chi connectivity index (χ2v) is 9.18. The molecule has 0 unspecified atom stereocenters. The lowest BCUT2D eigenvalue weighted by Gasteiger charge is -2.26. The Labute approximate surface area is 226 Å². The normalized spacial score (nSPS) is 11.6. The zero-order chi connectivity index (χ0) is 26.3. The smallest absolute Gasteiger partial charge is 0.0462 e. The third-order valence-corrected chi connectivity index (χ3v) is 6.77. The van der Waals surface area contributed by atoms with Crippen LogP contribution in [0.3, 0.4) is 0 Å². The van der Waals surface area contributed by atoms with Gasteiger partial charge in [-0.2, -0.15) is 0 Å². The third kappa shape index (κ3) is 5.30. The van der Waals surface area contributed by atoms with Crippen LogP contribution >= 0.6 is 0 Å². The molecule has 0 saturated carbocycles. The van der Waals surface area contributed by atoms with Crippen LogP contribution in [-0.2, 0) is 0 Å². The fraction of sp³-hybridized carbons (Fsp3) is 0.0556. The van der Waals surface area contributed by atoms with E-state index in [1.165, 1.54) is 27.6 Å². The lowest BCUT2D eigenvalue weighted by Crippen LogP contribution is -2.14. The molecule has 186 valence electrons. The summed E-state index contributed by atoms with van der Waals surface area (Å²) in [5, 5.41) is 2.50. The van der Waals surface area contributed by atoms with Gasteiger partial charge < -0.3 is 9.80 Å². The SMILES string of the molecule is C=C/C(=C\C=C/C)N(c1ccccc1)c1ccc(-c2ccc(N(C)c3ccc4ccccc4c3)cc2)cc1. The van der Waals surface area contributed by atoms with Gasteiger partial charge in [0.05, 0.1) is 0 Å². The molecule has 0 heterocycles. The van der Waals surface area contributed by atoms with Crippen molar-refractivity contribution >= 4 is 33.5 Å². The van der Waals surface area contributed by atoms with E-state index in [9.17, 15) is 0 Å². The molecular weight excluding hydrogens is 460 g/mol. The third-order valence-electron chi connectivity index (χ3n) is 6.77. The molecule has 0 amide bonds. The molecule has 2 heteroatoms. The van der Waals surface area contributed by atoms with Gasteiger partial charge in [-0.1, -0.05) is 91.5 Å². The Bertz CT molecular complexity index is 1580. The van der Waals surface area contributed by atoms with Crippen molar-refractivity contribution in [2.45, 2.75) is 6.92 Å². The van der Waals surface area contributed by atoms with Crippen LogP contribution in [0.1, 0.15) is 6.92 Å². The van der Waals surface area contributed by atoms with Gasteiger partial charge in [0.1, 0.15) is 0 Å². The van der Waals surface area contributed by atoms with E-state index in [-0.39, 0.29) is 0 Å². The molecule has 0 aliphatic rings. The highest BCUT2D eigenvalue weighted by molar-refractivity contribution is 5.87. The van der Waals surface area contributed by atoms with Crippen molar-refractivity contribution in [3.8, 4) is 11.1 Å². The number of allylic oxidation sites excluding steroid dienone is 4. The van der Waals surface area contributed by atoms with Gasteiger partial charge in [-0.25, -0.2) is 0 Å². The molecule has 0 atom stereocenters. The number of rotatable bonds is 8. The molecular formula is C36H32N2. The molecule has 0 spiro atoms. The predicted octanol–water partition coefficient (Wildman–Crippen LogP) is 10.1. The summed E-state index contributed by atoms with van der Waals surface area (Å²) in [7, 11) is 2.12. The average molecular weight is 493 g/mol. The highest BCUT2D eigenvalue weighted by atomic mass is 15.1. The summed E-state index contributed by atoms with van der Waals surface area (Å²) in [6, 6.07) is 42.9. The molecule has 0 saturated heterocycles. The summed E-state index contributed by atoms with van der Waals surface area (Å²) in [5.74, 6) is 0. The summed E-state index contributed by atoms with van der Waals surface area (Å²) in [5.41, 5.74) is 7.89. The monoisotopic (exact) mass is 492 g/mol. The van der Waals surface area contributed by atoms with Crippen molar-refractivity contribution in [2.75, 3.05) is 16.8 Å². The van der Waals surface area contributed by atoms with Crippen molar-refractivity contribution < 1.29 is 0 Å². The Morgan fingerprint density at radius 2 is 1.16 bits per heavy atom. The largest absolute Gasteiger partial charge is 0.345 e. The summed E-state index contributed by atoms with van der Waals surface area (Å²) in [6.45, 7) is 6.08. The van der Waals surface area contributed by atoms with Gasteiger partial charge >= 0.3 is 0 Å². The molecule has 0 aliphatic carbocycles. The lowest BCUT2D eigenvalue weighted by molar-refractivity contribution is 1.21. The minimum Gasteiger partial charge on any atom is -0.345 e. The van der Waals surface area contributed by atoms with Crippen molar-refractivity contribution in [3.05, 3.63) is 158 Å². The second kappa shape index (κ2) is 11.5. The van der Waals surface area contributed by atoms with E-state index in [0.717, 1.165) is 22.8 Å². The lowest BCUT2D eigenvalue weighted by atomic mass is 10.0. The average Bonchev–Trinajstić information content (AvgIpc) is 2.99. The molecule has 0 radical (unpaired) electrons. The van der Waals surface area contributed by atoms with Crippen LogP contribution in [0.4, 0.5) is 22.7 Å². The van der Waals surface area contributed by atoms with Crippen LogP contribution in [0.5, 0.6) is 0 Å². The maximum atomic E-state index is 4.06. The molecule has 0 fully saturated rings. The van der Waals surface area contributed by atoms with Crippen LogP contribution in [-0.4, -0.2) is 7.05 Å². The summed E-state index contributed by atoms with van der Waals surface area (Å²) >= 11 is 0. The van der Waals surface area contributed by atoms with Crippen LogP contribution in [0.25, 0.3) is 21.9 Å². The molecule has 2 nitrogen and oxygen atoms in total. The van der Waals surface area contributed by atoms with E-state index in [4.69, 9.17) is 0 Å². The number of para-hydroxylation sites is 1. The minimum absolute atomic E-state index is 1.02. The standard InChI is InChI=1S/C36H32N2/c1-4-6-14-32(5-2)38(34-15-8-7-9-16-34)35-24-19-30(20-25-35)29-17-22-33(23-18-29)37(3)36-26-21-28-12-10-11-13-31(28)27-36/h4-27H,2H2,1,3H3/b6-4-,32-14+. The fourth-order valence-electron chi connectivity index (χ4n) is 4.67. The van der Waals surface area contributed by atoms with E-state index in [1.807, 2.05) is 31.2 Å². The first-order valence-corrected chi connectivity index (χ1v) is 12.9. The summed E-state index contributed by atoms with van der Waals surface area (Å²) < 4.78 is 0. The Kier molecular flexibility index (Phi) is 7.52. The Morgan fingerprint density at radius 3 is 1.79 bits per heavy atom. The first-order valence-electron chi connectivity index (χ1n) is 12.9. The van der Waals surface area contributed by atoms with Gasteiger partial charge in [0.25, 0.3) is 0 Å². The van der Waals surface area contributed by atoms with Crippen LogP contribution < -0.4 is 9.80 Å². The highest BCUT2D eigenvalue weighted by Gasteiger charge is 2.13. The predicted molar refractivity (Wildman–Crippen MR) is 166 cm³/mol. The topological polar surface area (TPSA) is 6.48 Å². The van der Waals surface area contributed by atoms with E-state index in [1.54, 1.807) is 0 Å². The second-order valence-electron chi connectivity index (χ2n) is 9.18. The molecule has 5 aromatic rings. The van der Waals surface area contributed by atoms with Gasteiger partial charge in [-0.15, -0.1) is 0 Å². The number of hydrogen-bond donors (Lipinski definition) is 0.